The number of nitrogens with one attached hydrogen (secondary N) is 2. The Morgan fingerprint density at radius 3 is 2.95 bits per heavy atom. The molecule has 0 atom stereocenters. The van der Waals surface area contributed by atoms with Crippen LogP contribution in [0, 0.1) is 4.77 Å². The fraction of sp³-hybridized carbons (Fsp3) is 0.133. The topological polar surface area (TPSA) is 62.7 Å². The molecule has 0 aliphatic carbocycles. The van der Waals surface area contributed by atoms with E-state index in [9.17, 15) is 4.79 Å². The first-order chi connectivity index (χ1) is 10.2. The summed E-state index contributed by atoms with van der Waals surface area (Å²) in [6.07, 6.45) is 1.64. The first-order valence-electron chi connectivity index (χ1n) is 6.64. The molecular weight excluding hydrogens is 284 g/mol. The van der Waals surface area contributed by atoms with Crippen LogP contribution in [0.4, 0.5) is 5.82 Å². The number of rotatable bonds is 3. The zero-order valence-corrected chi connectivity index (χ0v) is 12.3. The molecule has 1 aromatic carbocycles. The van der Waals surface area contributed by atoms with Crippen LogP contribution in [0.3, 0.4) is 0 Å². The van der Waals surface area contributed by atoms with Crippen LogP contribution in [0.15, 0.2) is 42.6 Å². The lowest BCUT2D eigenvalue weighted by Crippen LogP contribution is -2.12. The van der Waals surface area contributed by atoms with E-state index >= 15 is 0 Å². The summed E-state index contributed by atoms with van der Waals surface area (Å²) in [4.78, 5) is 19.4. The summed E-state index contributed by atoms with van der Waals surface area (Å²) >= 11 is 5.26. The van der Waals surface area contributed by atoms with Crippen LogP contribution in [-0.2, 0) is 6.54 Å². The maximum absolute atomic E-state index is 12.2. The summed E-state index contributed by atoms with van der Waals surface area (Å²) in [5.41, 5.74) is 2.42. The van der Waals surface area contributed by atoms with Gasteiger partial charge in [0.1, 0.15) is 5.82 Å². The van der Waals surface area contributed by atoms with Crippen LogP contribution in [0.5, 0.6) is 0 Å². The third-order valence-electron chi connectivity index (χ3n) is 3.26. The van der Waals surface area contributed by atoms with Crippen molar-refractivity contribution in [1.82, 2.24) is 14.5 Å². The quantitative estimate of drug-likeness (QED) is 0.729. The van der Waals surface area contributed by atoms with Gasteiger partial charge in [-0.1, -0.05) is 6.07 Å². The highest BCUT2D eigenvalue weighted by Crippen LogP contribution is 2.17. The summed E-state index contributed by atoms with van der Waals surface area (Å²) in [7, 11) is 0. The molecule has 5 nitrogen and oxygen atoms in total. The van der Waals surface area contributed by atoms with E-state index in [4.69, 9.17) is 12.2 Å². The second kappa shape index (κ2) is 5.49. The van der Waals surface area contributed by atoms with Gasteiger partial charge in [0.2, 0.25) is 0 Å². The standard InChI is InChI=1S/C15H14N4OS/c1-2-19-12-7-6-10(9-11(12)17-15(19)21)14(20)18-13-5-3-4-8-16-13/h3-9H,2H2,1H3,(H,17,21)(H,16,18,20). The van der Waals surface area contributed by atoms with Crippen molar-refractivity contribution >= 4 is 35.0 Å². The summed E-state index contributed by atoms with van der Waals surface area (Å²) < 4.78 is 2.65. The van der Waals surface area contributed by atoms with Crippen LogP contribution < -0.4 is 5.32 Å². The predicted molar refractivity (Wildman–Crippen MR) is 85.0 cm³/mol. The van der Waals surface area contributed by atoms with Gasteiger partial charge in [-0.15, -0.1) is 0 Å². The van der Waals surface area contributed by atoms with Crippen LogP contribution in [-0.4, -0.2) is 20.4 Å². The number of hydrogen-bond donors (Lipinski definition) is 2. The average Bonchev–Trinajstić information content (AvgIpc) is 2.82. The Hall–Kier alpha value is -2.47. The minimum Gasteiger partial charge on any atom is -0.331 e. The van der Waals surface area contributed by atoms with E-state index in [1.807, 2.05) is 23.6 Å². The monoisotopic (exact) mass is 298 g/mol. The molecule has 0 radical (unpaired) electrons. The highest BCUT2D eigenvalue weighted by molar-refractivity contribution is 7.71. The lowest BCUT2D eigenvalue weighted by atomic mass is 10.2. The van der Waals surface area contributed by atoms with Crippen molar-refractivity contribution in [2.75, 3.05) is 5.32 Å². The number of nitrogens with zero attached hydrogens (tertiary/aromatic N) is 2. The van der Waals surface area contributed by atoms with Crippen LogP contribution >= 0.6 is 12.2 Å². The number of amides is 1. The molecule has 0 unspecified atom stereocenters. The van der Waals surface area contributed by atoms with Gasteiger partial charge < -0.3 is 14.9 Å². The molecule has 2 aromatic heterocycles. The molecule has 0 bridgehead atoms. The van der Waals surface area contributed by atoms with Crippen molar-refractivity contribution in [2.24, 2.45) is 0 Å². The summed E-state index contributed by atoms with van der Waals surface area (Å²) in [6, 6.07) is 10.9. The van der Waals surface area contributed by atoms with Crippen molar-refractivity contribution in [1.29, 1.82) is 0 Å². The van der Waals surface area contributed by atoms with E-state index < -0.39 is 0 Å². The first-order valence-corrected chi connectivity index (χ1v) is 7.05. The van der Waals surface area contributed by atoms with Crippen LogP contribution in [0.1, 0.15) is 17.3 Å². The number of fused-ring (bicyclic) bond motifs is 1. The summed E-state index contributed by atoms with van der Waals surface area (Å²) in [6.45, 7) is 2.82. The number of carbonyl (C=O) groups is 1. The van der Waals surface area contributed by atoms with Crippen molar-refractivity contribution in [3.8, 4) is 0 Å². The molecule has 0 aliphatic heterocycles. The van der Waals surface area contributed by atoms with Gasteiger partial charge in [-0.3, -0.25) is 4.79 Å². The molecule has 0 saturated carbocycles. The molecule has 1 amide bonds. The molecule has 0 aliphatic rings. The number of hydrogen-bond acceptors (Lipinski definition) is 3. The number of anilines is 1. The largest absolute Gasteiger partial charge is 0.331 e. The number of aryl methyl sites for hydroxylation is 1. The highest BCUT2D eigenvalue weighted by atomic mass is 32.1. The molecule has 6 heteroatoms. The third-order valence-corrected chi connectivity index (χ3v) is 3.58. The van der Waals surface area contributed by atoms with Crippen molar-refractivity contribution in [3.63, 3.8) is 0 Å². The summed E-state index contributed by atoms with van der Waals surface area (Å²) in [5, 5.41) is 2.76. The fourth-order valence-corrected chi connectivity index (χ4v) is 2.58. The Morgan fingerprint density at radius 1 is 1.38 bits per heavy atom. The number of carbonyl (C=O) groups excluding carboxylic acids is 1. The molecule has 0 fully saturated rings. The van der Waals surface area contributed by atoms with Crippen molar-refractivity contribution in [2.45, 2.75) is 13.5 Å². The molecule has 2 N–H and O–H groups in total. The van der Waals surface area contributed by atoms with Gasteiger partial charge >= 0.3 is 0 Å². The average molecular weight is 298 g/mol. The Morgan fingerprint density at radius 2 is 2.24 bits per heavy atom. The van der Waals surface area contributed by atoms with Gasteiger partial charge in [0.15, 0.2) is 4.77 Å². The van der Waals surface area contributed by atoms with E-state index in [1.54, 1.807) is 30.5 Å². The normalized spacial score (nSPS) is 10.7. The Kier molecular flexibility index (Phi) is 3.53. The van der Waals surface area contributed by atoms with Gasteiger partial charge in [0, 0.05) is 18.3 Å². The number of benzene rings is 1. The molecule has 21 heavy (non-hydrogen) atoms. The number of aromatic nitrogens is 3. The second-order valence-electron chi connectivity index (χ2n) is 4.58. The predicted octanol–water partition coefficient (Wildman–Crippen LogP) is 3.37. The lowest BCUT2D eigenvalue weighted by molar-refractivity contribution is 0.102. The van der Waals surface area contributed by atoms with Crippen molar-refractivity contribution in [3.05, 3.63) is 52.9 Å². The van der Waals surface area contributed by atoms with E-state index in [2.05, 4.69) is 15.3 Å². The van der Waals surface area contributed by atoms with Crippen LogP contribution in [0.25, 0.3) is 11.0 Å². The zero-order valence-electron chi connectivity index (χ0n) is 11.5. The Balaban J connectivity index is 1.94. The summed E-state index contributed by atoms with van der Waals surface area (Å²) in [5.74, 6) is 0.334. The molecule has 0 spiro atoms. The third kappa shape index (κ3) is 2.57. The molecule has 0 saturated heterocycles. The zero-order chi connectivity index (χ0) is 14.8. The minimum absolute atomic E-state index is 0.195. The number of aromatic amines is 1. The van der Waals surface area contributed by atoms with E-state index in [0.29, 0.717) is 16.2 Å². The lowest BCUT2D eigenvalue weighted by Gasteiger charge is -2.04. The molecule has 2 heterocycles. The smallest absolute Gasteiger partial charge is 0.256 e. The molecular formula is C15H14N4OS. The maximum atomic E-state index is 12.2. The van der Waals surface area contributed by atoms with Crippen LogP contribution in [0.2, 0.25) is 0 Å². The van der Waals surface area contributed by atoms with Gasteiger partial charge in [-0.05, 0) is 49.5 Å². The SMILES string of the molecule is CCn1c(=S)[nH]c2cc(C(=O)Nc3ccccn3)ccc21. The van der Waals surface area contributed by atoms with Gasteiger partial charge in [0.25, 0.3) is 5.91 Å². The number of H-pyrrole nitrogens is 1. The van der Waals surface area contributed by atoms with Crippen molar-refractivity contribution < 1.29 is 4.79 Å². The van der Waals surface area contributed by atoms with E-state index in [-0.39, 0.29) is 5.91 Å². The van der Waals surface area contributed by atoms with Gasteiger partial charge in [-0.2, -0.15) is 0 Å². The molecule has 3 aromatic rings. The minimum atomic E-state index is -0.195. The fourth-order valence-electron chi connectivity index (χ4n) is 2.24. The highest BCUT2D eigenvalue weighted by Gasteiger charge is 2.10. The second-order valence-corrected chi connectivity index (χ2v) is 4.96. The Labute approximate surface area is 126 Å². The van der Waals surface area contributed by atoms with Gasteiger partial charge in [0.05, 0.1) is 11.0 Å². The molecule has 3 rings (SSSR count). The van der Waals surface area contributed by atoms with E-state index in [0.717, 1.165) is 17.6 Å². The Bertz CT molecular complexity index is 851. The number of pyridine rings is 1. The van der Waals surface area contributed by atoms with Gasteiger partial charge in [-0.25, -0.2) is 4.98 Å². The first kappa shape index (κ1) is 13.5. The molecule has 106 valence electrons. The number of imidazole rings is 1. The maximum Gasteiger partial charge on any atom is 0.256 e. The van der Waals surface area contributed by atoms with E-state index in [1.165, 1.54) is 0 Å².